The summed E-state index contributed by atoms with van der Waals surface area (Å²) < 4.78 is 35.0. The van der Waals surface area contributed by atoms with Crippen LogP contribution in [0.2, 0.25) is 0 Å². The lowest BCUT2D eigenvalue weighted by Gasteiger charge is -2.08. The summed E-state index contributed by atoms with van der Waals surface area (Å²) in [5.41, 5.74) is 0. The Hall–Kier alpha value is -1.80. The summed E-state index contributed by atoms with van der Waals surface area (Å²) in [6.07, 6.45) is -5.04. The molecular weight excluding hydrogens is 245 g/mol. The maximum Gasteiger partial charge on any atom is 0.405 e. The van der Waals surface area contributed by atoms with E-state index in [-0.39, 0.29) is 19.3 Å². The van der Waals surface area contributed by atoms with Gasteiger partial charge >= 0.3 is 18.2 Å². The Morgan fingerprint density at radius 2 is 1.71 bits per heavy atom. The van der Waals surface area contributed by atoms with E-state index in [9.17, 15) is 27.6 Å². The minimum atomic E-state index is -4.55. The van der Waals surface area contributed by atoms with E-state index in [0.717, 1.165) is 0 Å². The van der Waals surface area contributed by atoms with Gasteiger partial charge in [-0.25, -0.2) is 4.79 Å². The molecule has 0 aliphatic heterocycles. The SMILES string of the molecule is O=C(O)CCCC(=O)NC(=O)NCC(F)(F)F. The predicted octanol–water partition coefficient (Wildman–Crippen LogP) is 0.629. The molecule has 0 aromatic carbocycles. The molecule has 0 radical (unpaired) electrons. The topological polar surface area (TPSA) is 95.5 Å². The van der Waals surface area contributed by atoms with Gasteiger partial charge in [0.1, 0.15) is 6.54 Å². The van der Waals surface area contributed by atoms with Crippen molar-refractivity contribution in [3.8, 4) is 0 Å². The Morgan fingerprint density at radius 1 is 1.12 bits per heavy atom. The van der Waals surface area contributed by atoms with E-state index in [4.69, 9.17) is 5.11 Å². The predicted molar refractivity (Wildman–Crippen MR) is 49.1 cm³/mol. The standard InChI is InChI=1S/C8H11F3N2O4/c9-8(10,11)4-12-7(17)13-5(14)2-1-3-6(15)16/h1-4H2,(H,15,16)(H2,12,13,14,17). The second-order valence-corrected chi connectivity index (χ2v) is 3.09. The molecular formula is C8H11F3N2O4. The first kappa shape index (κ1) is 15.2. The fourth-order valence-corrected chi connectivity index (χ4v) is 0.814. The quantitative estimate of drug-likeness (QED) is 0.672. The molecule has 3 N–H and O–H groups in total. The zero-order valence-electron chi connectivity index (χ0n) is 8.63. The normalized spacial score (nSPS) is 10.8. The second kappa shape index (κ2) is 6.71. The highest BCUT2D eigenvalue weighted by atomic mass is 19.4. The first-order chi connectivity index (χ1) is 7.70. The van der Waals surface area contributed by atoms with Gasteiger partial charge in [-0.15, -0.1) is 0 Å². The minimum Gasteiger partial charge on any atom is -0.481 e. The molecule has 0 unspecified atom stereocenters. The van der Waals surface area contributed by atoms with Crippen LogP contribution in [0.3, 0.4) is 0 Å². The van der Waals surface area contributed by atoms with Crippen LogP contribution < -0.4 is 10.6 Å². The molecule has 0 aliphatic rings. The van der Waals surface area contributed by atoms with Crippen LogP contribution in [0.15, 0.2) is 0 Å². The number of nitrogens with one attached hydrogen (secondary N) is 2. The van der Waals surface area contributed by atoms with E-state index in [1.807, 2.05) is 0 Å². The monoisotopic (exact) mass is 256 g/mol. The van der Waals surface area contributed by atoms with Crippen LogP contribution in [0.5, 0.6) is 0 Å². The van der Waals surface area contributed by atoms with Crippen molar-refractivity contribution in [3.63, 3.8) is 0 Å². The highest BCUT2D eigenvalue weighted by Gasteiger charge is 2.27. The molecule has 0 heterocycles. The number of carboxylic acids is 1. The Kier molecular flexibility index (Phi) is 6.00. The van der Waals surface area contributed by atoms with Gasteiger partial charge in [0.15, 0.2) is 0 Å². The molecule has 0 rings (SSSR count). The molecule has 0 bridgehead atoms. The number of carbonyl (C=O) groups is 3. The largest absolute Gasteiger partial charge is 0.481 e. The smallest absolute Gasteiger partial charge is 0.405 e. The van der Waals surface area contributed by atoms with Crippen LogP contribution in [0, 0.1) is 0 Å². The Bertz CT molecular complexity index is 304. The lowest BCUT2D eigenvalue weighted by atomic mass is 10.2. The van der Waals surface area contributed by atoms with Crippen molar-refractivity contribution in [2.24, 2.45) is 0 Å². The number of hydrogen-bond donors (Lipinski definition) is 3. The number of rotatable bonds is 5. The third-order valence-electron chi connectivity index (χ3n) is 1.50. The summed E-state index contributed by atoms with van der Waals surface area (Å²) in [6.45, 7) is -1.54. The van der Waals surface area contributed by atoms with Crippen molar-refractivity contribution >= 4 is 17.9 Å². The highest BCUT2D eigenvalue weighted by Crippen LogP contribution is 2.11. The van der Waals surface area contributed by atoms with Crippen LogP contribution in [0.25, 0.3) is 0 Å². The molecule has 0 atom stereocenters. The van der Waals surface area contributed by atoms with Gasteiger partial charge < -0.3 is 10.4 Å². The number of carboxylic acid groups (broad SMARTS) is 1. The minimum absolute atomic E-state index is 0.00766. The van der Waals surface area contributed by atoms with Gasteiger partial charge in [-0.3, -0.25) is 14.9 Å². The van der Waals surface area contributed by atoms with Gasteiger partial charge in [-0.05, 0) is 6.42 Å². The molecule has 0 aliphatic carbocycles. The van der Waals surface area contributed by atoms with E-state index < -0.39 is 30.6 Å². The third kappa shape index (κ3) is 10.5. The van der Waals surface area contributed by atoms with Crippen molar-refractivity contribution in [1.82, 2.24) is 10.6 Å². The molecule has 6 nitrogen and oxygen atoms in total. The summed E-state index contributed by atoms with van der Waals surface area (Å²) in [4.78, 5) is 31.7. The van der Waals surface area contributed by atoms with Crippen molar-refractivity contribution in [3.05, 3.63) is 0 Å². The van der Waals surface area contributed by atoms with Crippen LogP contribution >= 0.6 is 0 Å². The molecule has 0 aromatic rings. The van der Waals surface area contributed by atoms with E-state index in [0.29, 0.717) is 0 Å². The average Bonchev–Trinajstić information content (AvgIpc) is 2.13. The number of aliphatic carboxylic acids is 1. The van der Waals surface area contributed by atoms with Gasteiger partial charge in [0.25, 0.3) is 0 Å². The van der Waals surface area contributed by atoms with Crippen molar-refractivity contribution in [2.75, 3.05) is 6.54 Å². The van der Waals surface area contributed by atoms with Crippen LogP contribution in [0.4, 0.5) is 18.0 Å². The highest BCUT2D eigenvalue weighted by molar-refractivity contribution is 5.94. The molecule has 0 saturated heterocycles. The van der Waals surface area contributed by atoms with E-state index >= 15 is 0 Å². The summed E-state index contributed by atoms with van der Waals surface area (Å²) >= 11 is 0. The molecule has 3 amide bonds. The molecule has 98 valence electrons. The molecule has 0 saturated carbocycles. The summed E-state index contributed by atoms with van der Waals surface area (Å²) in [7, 11) is 0. The van der Waals surface area contributed by atoms with Crippen LogP contribution in [-0.2, 0) is 9.59 Å². The van der Waals surface area contributed by atoms with Crippen molar-refractivity contribution < 1.29 is 32.7 Å². The fourth-order valence-electron chi connectivity index (χ4n) is 0.814. The average molecular weight is 256 g/mol. The second-order valence-electron chi connectivity index (χ2n) is 3.09. The Balaban J connectivity index is 3.74. The van der Waals surface area contributed by atoms with Gasteiger partial charge in [0.2, 0.25) is 5.91 Å². The van der Waals surface area contributed by atoms with E-state index in [1.165, 1.54) is 5.32 Å². The number of imide groups is 1. The van der Waals surface area contributed by atoms with Gasteiger partial charge in [0, 0.05) is 12.8 Å². The zero-order valence-corrected chi connectivity index (χ0v) is 8.63. The lowest BCUT2D eigenvalue weighted by Crippen LogP contribution is -2.43. The maximum atomic E-state index is 11.7. The first-order valence-electron chi connectivity index (χ1n) is 4.57. The molecule has 0 spiro atoms. The number of urea groups is 1. The summed E-state index contributed by atoms with van der Waals surface area (Å²) in [5.74, 6) is -1.93. The Morgan fingerprint density at radius 3 is 2.18 bits per heavy atom. The zero-order chi connectivity index (χ0) is 13.5. The fraction of sp³-hybridized carbons (Fsp3) is 0.625. The van der Waals surface area contributed by atoms with Gasteiger partial charge in [-0.1, -0.05) is 0 Å². The number of halogens is 3. The van der Waals surface area contributed by atoms with Crippen LogP contribution in [0.1, 0.15) is 19.3 Å². The molecule has 0 fully saturated rings. The van der Waals surface area contributed by atoms with Crippen molar-refractivity contribution in [1.29, 1.82) is 0 Å². The molecule has 0 aromatic heterocycles. The number of amides is 3. The van der Waals surface area contributed by atoms with Gasteiger partial charge in [-0.2, -0.15) is 13.2 Å². The number of alkyl halides is 3. The summed E-state index contributed by atoms with van der Waals surface area (Å²) in [5, 5.41) is 11.3. The van der Waals surface area contributed by atoms with Crippen LogP contribution in [-0.4, -0.2) is 35.7 Å². The molecule has 17 heavy (non-hydrogen) atoms. The number of hydrogen-bond acceptors (Lipinski definition) is 3. The third-order valence-corrected chi connectivity index (χ3v) is 1.50. The molecule has 9 heteroatoms. The maximum absolute atomic E-state index is 11.7. The number of carbonyl (C=O) groups excluding carboxylic acids is 2. The van der Waals surface area contributed by atoms with E-state index in [2.05, 4.69) is 0 Å². The van der Waals surface area contributed by atoms with Crippen molar-refractivity contribution in [2.45, 2.75) is 25.4 Å². The van der Waals surface area contributed by atoms with E-state index in [1.54, 1.807) is 5.32 Å². The lowest BCUT2D eigenvalue weighted by molar-refractivity contribution is -0.137. The van der Waals surface area contributed by atoms with Gasteiger partial charge in [0.05, 0.1) is 0 Å². The summed E-state index contributed by atoms with van der Waals surface area (Å²) in [6, 6.07) is -1.26. The first-order valence-corrected chi connectivity index (χ1v) is 4.57. The Labute approximate surface area is 94.2 Å².